The number of benzene rings is 1. The summed E-state index contributed by atoms with van der Waals surface area (Å²) in [5.41, 5.74) is 6.78. The second-order valence-corrected chi connectivity index (χ2v) is 4.61. The number of nitrogens with two attached hydrogens (primary N) is 1. The normalized spacial score (nSPS) is 13.4. The summed E-state index contributed by atoms with van der Waals surface area (Å²) in [7, 11) is 0. The summed E-state index contributed by atoms with van der Waals surface area (Å²) in [4.78, 5) is 21.3. The van der Waals surface area contributed by atoms with E-state index in [4.69, 9.17) is 20.7 Å². The lowest BCUT2D eigenvalue weighted by Crippen LogP contribution is -2.40. The van der Waals surface area contributed by atoms with Crippen LogP contribution < -0.4 is 11.1 Å². The second kappa shape index (κ2) is 8.93. The highest BCUT2D eigenvalue weighted by molar-refractivity contribution is 5.78. The van der Waals surface area contributed by atoms with Crippen molar-refractivity contribution in [3.63, 3.8) is 0 Å². The van der Waals surface area contributed by atoms with Gasteiger partial charge >= 0.3 is 12.1 Å². The van der Waals surface area contributed by atoms with Gasteiger partial charge in [-0.15, -0.1) is 0 Å². The highest BCUT2D eigenvalue weighted by Crippen LogP contribution is 2.07. The minimum absolute atomic E-state index is 0.171. The van der Waals surface area contributed by atoms with Crippen molar-refractivity contribution in [1.29, 1.82) is 0 Å². The summed E-state index contributed by atoms with van der Waals surface area (Å²) in [6, 6.07) is 8.43. The molecule has 0 bridgehead atoms. The molecular weight excluding hydrogens is 276 g/mol. The summed E-state index contributed by atoms with van der Waals surface area (Å²) in [5.74, 6) is -1.20. The highest BCUT2D eigenvalue weighted by atomic mass is 16.5. The number of ether oxygens (including phenoxy) is 1. The number of hydrogen-bond donors (Lipinski definition) is 4. The van der Waals surface area contributed by atoms with Crippen molar-refractivity contribution in [2.75, 3.05) is 0 Å². The Morgan fingerprint density at radius 1 is 1.19 bits per heavy atom. The summed E-state index contributed by atoms with van der Waals surface area (Å²) >= 11 is 0. The van der Waals surface area contributed by atoms with Crippen LogP contribution in [0.4, 0.5) is 4.79 Å². The van der Waals surface area contributed by atoms with Crippen molar-refractivity contribution in [2.24, 2.45) is 5.73 Å². The summed E-state index contributed by atoms with van der Waals surface area (Å²) in [6.45, 7) is 0.387. The fourth-order valence-corrected chi connectivity index (χ4v) is 1.79. The first-order valence-corrected chi connectivity index (χ1v) is 6.62. The minimum Gasteiger partial charge on any atom is -0.480 e. The number of carbonyl (C=O) groups is 2. The quantitative estimate of drug-likeness (QED) is 0.511. The number of nitrogens with one attached hydrogen (secondary N) is 1. The smallest absolute Gasteiger partial charge is 0.405 e. The molecule has 21 heavy (non-hydrogen) atoms. The van der Waals surface area contributed by atoms with Crippen LogP contribution in [0.15, 0.2) is 30.3 Å². The maximum atomic E-state index is 10.8. The van der Waals surface area contributed by atoms with Gasteiger partial charge in [0.05, 0.1) is 6.61 Å². The topological polar surface area (TPSA) is 122 Å². The number of hydrogen-bond acceptors (Lipinski definition) is 4. The number of amides is 1. The van der Waals surface area contributed by atoms with E-state index in [1.807, 2.05) is 35.6 Å². The van der Waals surface area contributed by atoms with Crippen LogP contribution in [0.25, 0.3) is 0 Å². The Morgan fingerprint density at radius 2 is 1.86 bits per heavy atom. The summed E-state index contributed by atoms with van der Waals surface area (Å²) in [6.07, 6.45) is -0.786. The van der Waals surface area contributed by atoms with Crippen molar-refractivity contribution in [2.45, 2.75) is 38.1 Å². The molecule has 0 heterocycles. The molecule has 0 spiro atoms. The van der Waals surface area contributed by atoms with Crippen LogP contribution in [-0.2, 0) is 16.1 Å². The molecule has 5 N–H and O–H groups in total. The molecule has 0 aliphatic heterocycles. The molecule has 1 rings (SSSR count). The van der Waals surface area contributed by atoms with Gasteiger partial charge in [0.2, 0.25) is 0 Å². The third-order valence-corrected chi connectivity index (χ3v) is 2.88. The van der Waals surface area contributed by atoms with Crippen LogP contribution in [0, 0.1) is 0 Å². The van der Waals surface area contributed by atoms with Crippen molar-refractivity contribution >= 4 is 12.1 Å². The predicted octanol–water partition coefficient (Wildman–Crippen LogP) is 1.38. The maximum absolute atomic E-state index is 10.8. The molecular formula is C14H20N2O5. The molecule has 1 amide bonds. The van der Waals surface area contributed by atoms with Gasteiger partial charge in [-0.25, -0.2) is 9.59 Å². The SMILES string of the molecule is NC(CCCC(NC(=O)O)C(=O)O)OCc1ccccc1. The zero-order valence-electron chi connectivity index (χ0n) is 11.6. The van der Waals surface area contributed by atoms with Gasteiger partial charge in [0.25, 0.3) is 0 Å². The van der Waals surface area contributed by atoms with Crippen LogP contribution in [0.2, 0.25) is 0 Å². The molecule has 0 saturated carbocycles. The lowest BCUT2D eigenvalue weighted by molar-refractivity contribution is -0.139. The van der Waals surface area contributed by atoms with E-state index in [2.05, 4.69) is 0 Å². The molecule has 1 aromatic carbocycles. The molecule has 116 valence electrons. The van der Waals surface area contributed by atoms with E-state index in [1.54, 1.807) is 0 Å². The Labute approximate surface area is 122 Å². The Bertz CT molecular complexity index is 452. The summed E-state index contributed by atoms with van der Waals surface area (Å²) < 4.78 is 5.45. The van der Waals surface area contributed by atoms with Crippen molar-refractivity contribution in [3.05, 3.63) is 35.9 Å². The lowest BCUT2D eigenvalue weighted by atomic mass is 10.1. The molecule has 0 aliphatic carbocycles. The van der Waals surface area contributed by atoms with Crippen LogP contribution in [0.1, 0.15) is 24.8 Å². The van der Waals surface area contributed by atoms with Gasteiger partial charge in [0, 0.05) is 0 Å². The van der Waals surface area contributed by atoms with Crippen LogP contribution in [0.5, 0.6) is 0 Å². The molecule has 7 heteroatoms. The van der Waals surface area contributed by atoms with E-state index in [-0.39, 0.29) is 6.42 Å². The zero-order valence-corrected chi connectivity index (χ0v) is 11.6. The Morgan fingerprint density at radius 3 is 2.43 bits per heavy atom. The van der Waals surface area contributed by atoms with Crippen molar-refractivity contribution < 1.29 is 24.5 Å². The molecule has 0 aromatic heterocycles. The van der Waals surface area contributed by atoms with Crippen molar-refractivity contribution in [1.82, 2.24) is 5.32 Å². The molecule has 7 nitrogen and oxygen atoms in total. The number of carboxylic acid groups (broad SMARTS) is 2. The van der Waals surface area contributed by atoms with Gasteiger partial charge in [-0.1, -0.05) is 30.3 Å². The standard InChI is InChI=1S/C14H20N2O5/c15-12(21-9-10-5-2-1-3-6-10)8-4-7-11(13(17)18)16-14(19)20/h1-3,5-6,11-12,16H,4,7-9,15H2,(H,17,18)(H,19,20). The zero-order chi connectivity index (χ0) is 15.7. The first-order chi connectivity index (χ1) is 9.99. The fourth-order valence-electron chi connectivity index (χ4n) is 1.79. The van der Waals surface area contributed by atoms with Crippen molar-refractivity contribution in [3.8, 4) is 0 Å². The highest BCUT2D eigenvalue weighted by Gasteiger charge is 2.19. The Balaban J connectivity index is 2.24. The van der Waals surface area contributed by atoms with E-state index in [0.717, 1.165) is 5.56 Å². The van der Waals surface area contributed by atoms with Gasteiger partial charge in [0.15, 0.2) is 0 Å². The van der Waals surface area contributed by atoms with E-state index in [9.17, 15) is 9.59 Å². The average Bonchev–Trinajstić information content (AvgIpc) is 2.44. The third-order valence-electron chi connectivity index (χ3n) is 2.88. The van der Waals surface area contributed by atoms with Gasteiger partial charge in [-0.05, 0) is 24.8 Å². The monoisotopic (exact) mass is 296 g/mol. The molecule has 2 atom stereocenters. The Kier molecular flexibility index (Phi) is 7.20. The van der Waals surface area contributed by atoms with E-state index >= 15 is 0 Å². The predicted molar refractivity (Wildman–Crippen MR) is 75.6 cm³/mol. The maximum Gasteiger partial charge on any atom is 0.405 e. The number of aliphatic carboxylic acids is 1. The molecule has 0 radical (unpaired) electrons. The number of rotatable bonds is 9. The van der Waals surface area contributed by atoms with Crippen LogP contribution in [0.3, 0.4) is 0 Å². The van der Waals surface area contributed by atoms with Gasteiger partial charge in [-0.3, -0.25) is 0 Å². The lowest BCUT2D eigenvalue weighted by Gasteiger charge is -2.15. The van der Waals surface area contributed by atoms with Gasteiger partial charge < -0.3 is 26.0 Å². The molecule has 0 fully saturated rings. The molecule has 2 unspecified atom stereocenters. The molecule has 0 saturated heterocycles. The average molecular weight is 296 g/mol. The van der Waals surface area contributed by atoms with E-state index in [1.165, 1.54) is 0 Å². The molecule has 1 aromatic rings. The largest absolute Gasteiger partial charge is 0.480 e. The number of carboxylic acids is 1. The van der Waals surface area contributed by atoms with E-state index in [0.29, 0.717) is 19.4 Å². The second-order valence-electron chi connectivity index (χ2n) is 4.61. The van der Waals surface area contributed by atoms with Crippen LogP contribution in [-0.4, -0.2) is 34.5 Å². The minimum atomic E-state index is -1.35. The fraction of sp³-hybridized carbons (Fsp3) is 0.429. The first kappa shape index (κ1) is 16.9. The van der Waals surface area contributed by atoms with Gasteiger partial charge in [-0.2, -0.15) is 0 Å². The van der Waals surface area contributed by atoms with Gasteiger partial charge in [0.1, 0.15) is 12.3 Å². The molecule has 0 aliphatic rings. The third kappa shape index (κ3) is 7.28. The van der Waals surface area contributed by atoms with E-state index < -0.39 is 24.3 Å². The summed E-state index contributed by atoms with van der Waals surface area (Å²) in [5, 5.41) is 19.3. The first-order valence-electron chi connectivity index (χ1n) is 6.62. The van der Waals surface area contributed by atoms with Crippen LogP contribution >= 0.6 is 0 Å². The Hall–Kier alpha value is -2.12.